The second-order valence-electron chi connectivity index (χ2n) is 5.31. The zero-order valence-corrected chi connectivity index (χ0v) is 13.8. The van der Waals surface area contributed by atoms with Crippen molar-refractivity contribution in [2.75, 3.05) is 5.32 Å². The number of aromatic nitrogens is 3. The molecule has 3 rings (SSSR count). The van der Waals surface area contributed by atoms with Gasteiger partial charge in [-0.2, -0.15) is 13.2 Å². The number of pyridine rings is 1. The van der Waals surface area contributed by atoms with Crippen molar-refractivity contribution in [3.05, 3.63) is 70.9 Å². The molecule has 0 radical (unpaired) electrons. The van der Waals surface area contributed by atoms with Crippen LogP contribution in [0.4, 0.5) is 23.4 Å². The Morgan fingerprint density at radius 2 is 1.88 bits per heavy atom. The molecule has 0 bridgehead atoms. The Labute approximate surface area is 150 Å². The lowest BCUT2D eigenvalue weighted by Gasteiger charge is -2.14. The van der Waals surface area contributed by atoms with Crippen molar-refractivity contribution in [3.63, 3.8) is 0 Å². The molecule has 0 amide bonds. The topological polar surface area (TPSA) is 50.7 Å². The number of alkyl halides is 3. The number of hydrogen-bond donors (Lipinski definition) is 1. The first kappa shape index (κ1) is 18.1. The van der Waals surface area contributed by atoms with Gasteiger partial charge in [-0.05, 0) is 29.8 Å². The Hall–Kier alpha value is -2.74. The maximum atomic E-state index is 13.2. The number of benzene rings is 1. The molecule has 0 aliphatic heterocycles. The van der Waals surface area contributed by atoms with Gasteiger partial charge in [-0.25, -0.2) is 14.4 Å². The Kier molecular flexibility index (Phi) is 5.03. The number of halogens is 5. The molecule has 0 aliphatic rings. The van der Waals surface area contributed by atoms with Gasteiger partial charge in [-0.3, -0.25) is 4.98 Å². The summed E-state index contributed by atoms with van der Waals surface area (Å²) in [6, 6.07) is 5.68. The van der Waals surface area contributed by atoms with E-state index in [9.17, 15) is 17.6 Å². The number of nitrogens with zero attached hydrogens (tertiary/aromatic N) is 3. The van der Waals surface area contributed by atoms with Crippen molar-refractivity contribution >= 4 is 17.4 Å². The van der Waals surface area contributed by atoms with Crippen LogP contribution >= 0.6 is 11.6 Å². The van der Waals surface area contributed by atoms with E-state index in [4.69, 9.17) is 11.6 Å². The van der Waals surface area contributed by atoms with Gasteiger partial charge in [0.1, 0.15) is 11.6 Å². The highest BCUT2D eigenvalue weighted by atomic mass is 35.5. The summed E-state index contributed by atoms with van der Waals surface area (Å²) < 4.78 is 52.3. The standard InChI is InChI=1S/C17H11ClF4N4/c18-12-5-11(7-23-9-12)16-24-4-3-15(26-16)25-8-10-1-2-13(19)6-14(10)17(20,21)22/h1-7,9H,8H2,(H,24,25,26). The van der Waals surface area contributed by atoms with Crippen LogP contribution in [-0.4, -0.2) is 15.0 Å². The summed E-state index contributed by atoms with van der Waals surface area (Å²) in [5.74, 6) is -0.313. The van der Waals surface area contributed by atoms with Gasteiger partial charge >= 0.3 is 6.18 Å². The molecule has 0 aliphatic carbocycles. The van der Waals surface area contributed by atoms with Gasteiger partial charge in [0, 0.05) is 30.7 Å². The first-order valence-corrected chi connectivity index (χ1v) is 7.74. The third kappa shape index (κ3) is 4.26. The maximum absolute atomic E-state index is 13.2. The summed E-state index contributed by atoms with van der Waals surface area (Å²) in [6.07, 6.45) is -0.212. The summed E-state index contributed by atoms with van der Waals surface area (Å²) >= 11 is 5.88. The van der Waals surface area contributed by atoms with Crippen LogP contribution in [0.3, 0.4) is 0 Å². The number of rotatable bonds is 4. The fraction of sp³-hybridized carbons (Fsp3) is 0.118. The van der Waals surface area contributed by atoms with E-state index in [1.54, 1.807) is 6.07 Å². The van der Waals surface area contributed by atoms with Crippen LogP contribution in [0, 0.1) is 5.82 Å². The monoisotopic (exact) mass is 382 g/mol. The molecule has 26 heavy (non-hydrogen) atoms. The Bertz CT molecular complexity index is 931. The fourth-order valence-corrected chi connectivity index (χ4v) is 2.46. The van der Waals surface area contributed by atoms with Gasteiger partial charge in [0.05, 0.1) is 10.6 Å². The second-order valence-corrected chi connectivity index (χ2v) is 5.75. The van der Waals surface area contributed by atoms with Gasteiger partial charge in [-0.1, -0.05) is 17.7 Å². The largest absolute Gasteiger partial charge is 0.416 e. The Balaban J connectivity index is 1.82. The van der Waals surface area contributed by atoms with Crippen LogP contribution in [0.1, 0.15) is 11.1 Å². The molecule has 9 heteroatoms. The maximum Gasteiger partial charge on any atom is 0.416 e. The average molecular weight is 383 g/mol. The molecular formula is C17H11ClF4N4. The lowest BCUT2D eigenvalue weighted by Crippen LogP contribution is -2.13. The van der Waals surface area contributed by atoms with Crippen molar-refractivity contribution in [1.29, 1.82) is 0 Å². The summed E-state index contributed by atoms with van der Waals surface area (Å²) in [5.41, 5.74) is -0.555. The van der Waals surface area contributed by atoms with E-state index in [2.05, 4.69) is 20.3 Å². The quantitative estimate of drug-likeness (QED) is 0.648. The molecule has 2 aromatic heterocycles. The van der Waals surface area contributed by atoms with E-state index in [1.807, 2.05) is 0 Å². The van der Waals surface area contributed by atoms with Crippen LogP contribution in [0.2, 0.25) is 5.02 Å². The van der Waals surface area contributed by atoms with Crippen LogP contribution in [0.25, 0.3) is 11.4 Å². The fourth-order valence-electron chi connectivity index (χ4n) is 2.28. The predicted octanol–water partition coefficient (Wildman–Crippen LogP) is 4.96. The lowest BCUT2D eigenvalue weighted by atomic mass is 10.1. The van der Waals surface area contributed by atoms with Gasteiger partial charge < -0.3 is 5.32 Å². The smallest absolute Gasteiger partial charge is 0.366 e. The van der Waals surface area contributed by atoms with E-state index in [0.717, 1.165) is 12.1 Å². The molecule has 0 atom stereocenters. The first-order chi connectivity index (χ1) is 12.3. The minimum atomic E-state index is -4.65. The highest BCUT2D eigenvalue weighted by molar-refractivity contribution is 6.30. The van der Waals surface area contributed by atoms with Gasteiger partial charge in [-0.15, -0.1) is 0 Å². The van der Waals surface area contributed by atoms with Gasteiger partial charge in [0.25, 0.3) is 0 Å². The first-order valence-electron chi connectivity index (χ1n) is 7.36. The summed E-state index contributed by atoms with van der Waals surface area (Å²) in [7, 11) is 0. The Morgan fingerprint density at radius 1 is 1.08 bits per heavy atom. The summed E-state index contributed by atoms with van der Waals surface area (Å²) in [6.45, 7) is -0.181. The normalized spacial score (nSPS) is 11.4. The van der Waals surface area contributed by atoms with Crippen LogP contribution in [0.5, 0.6) is 0 Å². The van der Waals surface area contributed by atoms with E-state index in [1.165, 1.54) is 24.7 Å². The zero-order chi connectivity index (χ0) is 18.7. The van der Waals surface area contributed by atoms with Crippen LogP contribution in [0.15, 0.2) is 48.9 Å². The molecule has 4 nitrogen and oxygen atoms in total. The summed E-state index contributed by atoms with van der Waals surface area (Å²) in [4.78, 5) is 12.3. The van der Waals surface area contributed by atoms with Crippen LogP contribution < -0.4 is 5.32 Å². The molecular weight excluding hydrogens is 372 g/mol. The Morgan fingerprint density at radius 3 is 2.62 bits per heavy atom. The van der Waals surface area contributed by atoms with Crippen molar-refractivity contribution in [1.82, 2.24) is 15.0 Å². The lowest BCUT2D eigenvalue weighted by molar-refractivity contribution is -0.138. The predicted molar refractivity (Wildman–Crippen MR) is 89.0 cm³/mol. The van der Waals surface area contributed by atoms with Gasteiger partial charge in [0.2, 0.25) is 0 Å². The average Bonchev–Trinajstić information content (AvgIpc) is 2.60. The molecule has 0 fully saturated rings. The number of anilines is 1. The number of hydrogen-bond acceptors (Lipinski definition) is 4. The highest BCUT2D eigenvalue weighted by Crippen LogP contribution is 2.32. The minimum Gasteiger partial charge on any atom is -0.366 e. The molecule has 0 saturated heterocycles. The molecule has 0 spiro atoms. The van der Waals surface area contributed by atoms with Crippen molar-refractivity contribution in [2.24, 2.45) is 0 Å². The third-order valence-corrected chi connectivity index (χ3v) is 3.66. The molecule has 134 valence electrons. The van der Waals surface area contributed by atoms with E-state index in [0.29, 0.717) is 28.3 Å². The van der Waals surface area contributed by atoms with E-state index < -0.39 is 17.6 Å². The molecule has 0 unspecified atom stereocenters. The van der Waals surface area contributed by atoms with E-state index >= 15 is 0 Å². The SMILES string of the molecule is Fc1ccc(CNc2ccnc(-c3cncc(Cl)c3)n2)c(C(F)(F)F)c1. The van der Waals surface area contributed by atoms with Crippen molar-refractivity contribution in [3.8, 4) is 11.4 Å². The molecule has 2 heterocycles. The zero-order valence-electron chi connectivity index (χ0n) is 13.1. The van der Waals surface area contributed by atoms with Crippen LogP contribution in [-0.2, 0) is 12.7 Å². The number of nitrogens with one attached hydrogen (secondary N) is 1. The minimum absolute atomic E-state index is 0.0940. The highest BCUT2D eigenvalue weighted by Gasteiger charge is 2.33. The summed E-state index contributed by atoms with van der Waals surface area (Å²) in [5, 5.41) is 3.20. The molecule has 0 saturated carbocycles. The molecule has 1 aromatic carbocycles. The third-order valence-electron chi connectivity index (χ3n) is 3.46. The molecule has 3 aromatic rings. The second kappa shape index (κ2) is 7.25. The van der Waals surface area contributed by atoms with Crippen molar-refractivity contribution in [2.45, 2.75) is 12.7 Å². The van der Waals surface area contributed by atoms with Gasteiger partial charge in [0.15, 0.2) is 5.82 Å². The molecule has 1 N–H and O–H groups in total. The van der Waals surface area contributed by atoms with Crippen molar-refractivity contribution < 1.29 is 17.6 Å². The van der Waals surface area contributed by atoms with E-state index in [-0.39, 0.29) is 12.1 Å².